The van der Waals surface area contributed by atoms with Gasteiger partial charge in [-0.05, 0) is 29.5 Å². The maximum Gasteiger partial charge on any atom is 0.265 e. The van der Waals surface area contributed by atoms with E-state index in [-0.39, 0.29) is 5.56 Å². The minimum absolute atomic E-state index is 0.148. The van der Waals surface area contributed by atoms with Crippen molar-refractivity contribution >= 4 is 22.6 Å². The van der Waals surface area contributed by atoms with E-state index in [1.54, 1.807) is 0 Å². The van der Waals surface area contributed by atoms with Gasteiger partial charge < -0.3 is 0 Å². The summed E-state index contributed by atoms with van der Waals surface area (Å²) >= 11 is 2.07. The van der Waals surface area contributed by atoms with Gasteiger partial charge in [0.15, 0.2) is 0 Å². The quantitative estimate of drug-likeness (QED) is 0.673. The Balaban J connectivity index is 3.34. The van der Waals surface area contributed by atoms with Crippen LogP contribution in [0.5, 0.6) is 0 Å². The van der Waals surface area contributed by atoms with Gasteiger partial charge in [0.05, 0.1) is 5.69 Å². The van der Waals surface area contributed by atoms with E-state index in [1.165, 1.54) is 6.07 Å². The largest absolute Gasteiger partial charge is 0.268 e. The summed E-state index contributed by atoms with van der Waals surface area (Å²) in [6.07, 6.45) is 0. The lowest BCUT2D eigenvalue weighted by molar-refractivity contribution is 0.936. The number of halogens is 1. The predicted molar refractivity (Wildman–Crippen MR) is 42.3 cm³/mol. The van der Waals surface area contributed by atoms with Gasteiger partial charge in [0.25, 0.3) is 5.56 Å². The molecule has 0 fully saturated rings. The number of rotatable bonds is 0. The zero-order chi connectivity index (χ0) is 6.85. The molecule has 4 heteroatoms. The molecule has 1 rings (SSSR count). The highest BCUT2D eigenvalue weighted by molar-refractivity contribution is 14.1. The molecule has 0 aliphatic carbocycles. The van der Waals surface area contributed by atoms with Crippen molar-refractivity contribution in [2.24, 2.45) is 0 Å². The van der Waals surface area contributed by atoms with Crippen LogP contribution >= 0.6 is 22.6 Å². The van der Waals surface area contributed by atoms with Crippen molar-refractivity contribution in [2.75, 3.05) is 0 Å². The van der Waals surface area contributed by atoms with Crippen molar-refractivity contribution in [1.82, 2.24) is 10.2 Å². The number of nitrogens with zero attached hydrogens (tertiary/aromatic N) is 1. The van der Waals surface area contributed by atoms with Crippen LogP contribution in [-0.2, 0) is 0 Å². The predicted octanol–water partition coefficient (Wildman–Crippen LogP) is 0.683. The molecule has 1 aromatic rings. The Bertz CT molecular complexity index is 268. The Morgan fingerprint density at radius 3 is 2.89 bits per heavy atom. The topological polar surface area (TPSA) is 45.8 Å². The lowest BCUT2D eigenvalue weighted by atomic mass is 10.4. The average molecular weight is 236 g/mol. The summed E-state index contributed by atoms with van der Waals surface area (Å²) in [5.41, 5.74) is 0.709. The van der Waals surface area contributed by atoms with E-state index in [0.29, 0.717) is 0 Å². The molecule has 0 unspecified atom stereocenters. The van der Waals surface area contributed by atoms with Crippen LogP contribution < -0.4 is 5.56 Å². The van der Waals surface area contributed by atoms with Crippen LogP contribution in [0.15, 0.2) is 10.9 Å². The van der Waals surface area contributed by atoms with Gasteiger partial charge in [-0.2, -0.15) is 5.10 Å². The Hall–Kier alpha value is -0.390. The maximum absolute atomic E-state index is 10.5. The smallest absolute Gasteiger partial charge is 0.265 e. The zero-order valence-corrected chi connectivity index (χ0v) is 6.97. The van der Waals surface area contributed by atoms with E-state index in [4.69, 9.17) is 0 Å². The minimum Gasteiger partial charge on any atom is -0.268 e. The molecular weight excluding hydrogens is 231 g/mol. The lowest BCUT2D eigenvalue weighted by Crippen LogP contribution is -2.08. The SMILES string of the molecule is Cc1n[nH]c(=O)cc1I. The fraction of sp³-hybridized carbons (Fsp3) is 0.200. The third-order valence-electron chi connectivity index (χ3n) is 0.937. The second-order valence-electron chi connectivity index (χ2n) is 1.67. The van der Waals surface area contributed by atoms with Gasteiger partial charge in [0, 0.05) is 9.64 Å². The number of nitrogens with one attached hydrogen (secondary N) is 1. The summed E-state index contributed by atoms with van der Waals surface area (Å²) in [5.74, 6) is 0. The van der Waals surface area contributed by atoms with Gasteiger partial charge in [-0.15, -0.1) is 0 Å². The molecule has 1 aromatic heterocycles. The number of aryl methyl sites for hydroxylation is 1. The third-order valence-corrected chi connectivity index (χ3v) is 2.03. The molecule has 0 bridgehead atoms. The summed E-state index contributed by atoms with van der Waals surface area (Å²) in [5, 5.41) is 6.06. The molecule has 1 heterocycles. The van der Waals surface area contributed by atoms with Crippen LogP contribution in [0.25, 0.3) is 0 Å². The number of H-pyrrole nitrogens is 1. The third kappa shape index (κ3) is 1.51. The molecular formula is C5H5IN2O. The van der Waals surface area contributed by atoms with E-state index < -0.39 is 0 Å². The second kappa shape index (κ2) is 2.47. The molecule has 0 saturated carbocycles. The van der Waals surface area contributed by atoms with Crippen molar-refractivity contribution in [2.45, 2.75) is 6.92 Å². The first-order valence-electron chi connectivity index (χ1n) is 2.42. The molecule has 48 valence electrons. The number of hydrogen-bond acceptors (Lipinski definition) is 2. The molecule has 0 aromatic carbocycles. The Morgan fingerprint density at radius 2 is 2.44 bits per heavy atom. The van der Waals surface area contributed by atoms with Crippen molar-refractivity contribution in [3.8, 4) is 0 Å². The minimum atomic E-state index is -0.148. The van der Waals surface area contributed by atoms with Crippen molar-refractivity contribution < 1.29 is 0 Å². The van der Waals surface area contributed by atoms with Gasteiger partial charge in [-0.3, -0.25) is 4.79 Å². The first-order valence-corrected chi connectivity index (χ1v) is 3.50. The molecule has 3 nitrogen and oxygen atoms in total. The Morgan fingerprint density at radius 1 is 1.78 bits per heavy atom. The Labute approximate surface area is 65.6 Å². The van der Waals surface area contributed by atoms with Crippen LogP contribution in [0.4, 0.5) is 0 Å². The number of aromatic nitrogens is 2. The highest BCUT2D eigenvalue weighted by Gasteiger charge is 1.92. The van der Waals surface area contributed by atoms with Crippen LogP contribution in [0.3, 0.4) is 0 Å². The van der Waals surface area contributed by atoms with Crippen LogP contribution in [0, 0.1) is 10.5 Å². The normalized spacial score (nSPS) is 9.56. The summed E-state index contributed by atoms with van der Waals surface area (Å²) in [7, 11) is 0. The summed E-state index contributed by atoms with van der Waals surface area (Å²) in [4.78, 5) is 10.5. The van der Waals surface area contributed by atoms with E-state index in [9.17, 15) is 4.79 Å². The van der Waals surface area contributed by atoms with Gasteiger partial charge >= 0.3 is 0 Å². The zero-order valence-electron chi connectivity index (χ0n) is 4.81. The molecule has 0 spiro atoms. The fourth-order valence-corrected chi connectivity index (χ4v) is 0.848. The molecule has 0 atom stereocenters. The van der Waals surface area contributed by atoms with Gasteiger partial charge in [-0.25, -0.2) is 5.10 Å². The maximum atomic E-state index is 10.5. The molecule has 0 saturated heterocycles. The molecule has 9 heavy (non-hydrogen) atoms. The van der Waals surface area contributed by atoms with Gasteiger partial charge in [-0.1, -0.05) is 0 Å². The van der Waals surface area contributed by atoms with E-state index in [0.717, 1.165) is 9.26 Å². The Kier molecular flexibility index (Phi) is 1.84. The lowest BCUT2D eigenvalue weighted by Gasteiger charge is -1.90. The highest BCUT2D eigenvalue weighted by atomic mass is 127. The van der Waals surface area contributed by atoms with Crippen molar-refractivity contribution in [3.63, 3.8) is 0 Å². The molecule has 0 radical (unpaired) electrons. The monoisotopic (exact) mass is 236 g/mol. The summed E-state index contributed by atoms with van der Waals surface area (Å²) in [6, 6.07) is 1.52. The first-order chi connectivity index (χ1) is 4.20. The van der Waals surface area contributed by atoms with Crippen LogP contribution in [0.2, 0.25) is 0 Å². The van der Waals surface area contributed by atoms with Crippen molar-refractivity contribution in [3.05, 3.63) is 25.7 Å². The van der Waals surface area contributed by atoms with E-state index in [1.807, 2.05) is 6.92 Å². The molecule has 0 aliphatic heterocycles. The molecule has 0 aliphatic rings. The highest BCUT2D eigenvalue weighted by Crippen LogP contribution is 2.01. The van der Waals surface area contributed by atoms with Crippen LogP contribution in [0.1, 0.15) is 5.69 Å². The molecule has 1 N–H and O–H groups in total. The first kappa shape index (κ1) is 6.73. The summed E-state index contributed by atoms with van der Waals surface area (Å²) < 4.78 is 0.899. The van der Waals surface area contributed by atoms with E-state index in [2.05, 4.69) is 32.8 Å². The summed E-state index contributed by atoms with van der Waals surface area (Å²) in [6.45, 7) is 1.84. The van der Waals surface area contributed by atoms with E-state index >= 15 is 0 Å². The second-order valence-corrected chi connectivity index (χ2v) is 2.83. The van der Waals surface area contributed by atoms with Gasteiger partial charge in [0.2, 0.25) is 0 Å². The fourth-order valence-electron chi connectivity index (χ4n) is 0.444. The van der Waals surface area contributed by atoms with Gasteiger partial charge in [0.1, 0.15) is 0 Å². The molecule has 0 amide bonds. The standard InChI is InChI=1S/C5H5IN2O/c1-3-4(6)2-5(9)8-7-3/h2H,1H3,(H,8,9). The van der Waals surface area contributed by atoms with Crippen LogP contribution in [-0.4, -0.2) is 10.2 Å². The van der Waals surface area contributed by atoms with Crippen molar-refractivity contribution in [1.29, 1.82) is 0 Å². The number of aromatic amines is 1. The number of hydrogen-bond donors (Lipinski definition) is 1. The average Bonchev–Trinajstić information content (AvgIpc) is 1.80.